The maximum atomic E-state index is 3.89. The third kappa shape index (κ3) is 21.5. The van der Waals surface area contributed by atoms with Crippen LogP contribution in [0.5, 0.6) is 0 Å². The second kappa shape index (κ2) is 43.5. The first-order chi connectivity index (χ1) is 63.0. The zero-order chi connectivity index (χ0) is 86.9. The predicted octanol–water partition coefficient (Wildman–Crippen LogP) is 38.6. The van der Waals surface area contributed by atoms with Gasteiger partial charge in [-0.2, -0.15) is 0 Å². The maximum absolute atomic E-state index is 3.89. The molecule has 0 aliphatic rings. The standard InChI is InChI=1S/C44H31BrN2S.C42H31BrN2.C32H27BrN2.3CH4/c45-37-29-42(46(38-12-6-2-7-13-38)40-21-16-33(17-22-40)32-10-4-1-5-11-32)31-43(30-37)47(39-14-8-3-9-15-39)41-23-18-34(19-24-41)35-20-25-44-36(28-35)26-27-48-44;43-36-29-41(44(37-17-7-2-8-18-37)38-19-9-3-10-20-38)31-42(30-36)45(39-21-11-4-12-22-39)40-23-13-16-35(28-40)34-26-24-33(25-27-34)32-14-5-1-6-15-32;1-24-13-9-11-19-31(24)35(32-20-12-10-14-25(32)2)30-22-26(33)21-29(23-30)34(27-15-5-3-6-16-27)28-17-7-4-8-18-28;;;/h1-31H;1-31H;3-23H,1-2H3;3*1H4. The van der Waals surface area contributed by atoms with E-state index < -0.39 is 0 Å². The van der Waals surface area contributed by atoms with Crippen LogP contribution in [-0.2, 0) is 0 Å². The number of benzene rings is 19. The van der Waals surface area contributed by atoms with Crippen molar-refractivity contribution >= 4 is 172 Å². The molecule has 20 aromatic rings. The van der Waals surface area contributed by atoms with Gasteiger partial charge in [0.25, 0.3) is 0 Å². The first-order valence-electron chi connectivity index (χ1n) is 42.7. The summed E-state index contributed by atoms with van der Waals surface area (Å²) in [6.45, 7) is 4.33. The van der Waals surface area contributed by atoms with Gasteiger partial charge in [-0.25, -0.2) is 0 Å². The zero-order valence-corrected chi connectivity index (χ0v) is 76.2. The Labute approximate surface area is 802 Å². The Kier molecular flexibility index (Phi) is 30.2. The highest BCUT2D eigenvalue weighted by Gasteiger charge is 2.25. The molecule has 0 unspecified atom stereocenters. The average molecular weight is 1910 g/mol. The molecule has 20 rings (SSSR count). The van der Waals surface area contributed by atoms with Gasteiger partial charge in [-0.05, 0) is 287 Å². The molecule has 1 aromatic heterocycles. The van der Waals surface area contributed by atoms with Crippen LogP contribution in [0.1, 0.15) is 33.4 Å². The van der Waals surface area contributed by atoms with Gasteiger partial charge >= 0.3 is 0 Å². The first kappa shape index (κ1) is 91.1. The lowest BCUT2D eigenvalue weighted by Gasteiger charge is -2.31. The molecule has 6 nitrogen and oxygen atoms in total. The third-order valence-corrected chi connectivity index (χ3v) is 24.8. The molecule has 0 fully saturated rings. The van der Waals surface area contributed by atoms with Crippen molar-refractivity contribution in [2.24, 2.45) is 0 Å². The summed E-state index contributed by atoms with van der Waals surface area (Å²) in [5, 5.41) is 3.44. The molecule has 0 saturated carbocycles. The van der Waals surface area contributed by atoms with Crippen molar-refractivity contribution in [1.29, 1.82) is 0 Å². The average Bonchev–Trinajstić information content (AvgIpc) is 1.08. The van der Waals surface area contributed by atoms with E-state index in [1.54, 1.807) is 11.3 Å². The number of nitrogens with zero attached hydrogens (tertiary/aromatic N) is 6. The SMILES string of the molecule is Brc1cc(N(c2ccccc2)c2ccc(-c3ccccc3)cc2)cc(N(c2ccccc2)c2ccc(-c3ccc4sccc4c3)cc2)c1.Brc1cc(N(c2ccccc2)c2ccccc2)cc(N(c2ccccc2)c2cccc(-c3ccc(-c4ccccc4)cc3)c2)c1.C.C.C.Cc1ccccc1N(c1cc(Br)cc(N(c2ccccc2)c2ccccc2)c1)c1ccccc1C. The van der Waals surface area contributed by atoms with Crippen LogP contribution in [0.3, 0.4) is 0 Å². The zero-order valence-electron chi connectivity index (χ0n) is 70.6. The smallest absolute Gasteiger partial charge is 0.0493 e. The van der Waals surface area contributed by atoms with Crippen LogP contribution in [0.15, 0.2) is 516 Å². The van der Waals surface area contributed by atoms with Crippen LogP contribution >= 0.6 is 59.1 Å². The normalized spacial score (nSPS) is 10.6. The van der Waals surface area contributed by atoms with Gasteiger partial charge in [-0.15, -0.1) is 11.3 Å². The Morgan fingerprint density at radius 1 is 0.168 bits per heavy atom. The second-order valence-corrected chi connectivity index (χ2v) is 34.8. The second-order valence-electron chi connectivity index (χ2n) is 31.1. The fourth-order valence-electron chi connectivity index (χ4n) is 16.5. The van der Waals surface area contributed by atoms with Gasteiger partial charge in [-0.3, -0.25) is 0 Å². The van der Waals surface area contributed by atoms with E-state index in [1.807, 2.05) is 0 Å². The van der Waals surface area contributed by atoms with E-state index in [0.29, 0.717) is 0 Å². The molecular formula is C121H101Br3N6S. The van der Waals surface area contributed by atoms with Gasteiger partial charge in [-0.1, -0.05) is 361 Å². The number of halogens is 3. The highest BCUT2D eigenvalue weighted by Crippen LogP contribution is 2.49. The van der Waals surface area contributed by atoms with E-state index >= 15 is 0 Å². The number of fused-ring (bicyclic) bond motifs is 1. The summed E-state index contributed by atoms with van der Waals surface area (Å²) in [5.74, 6) is 0. The number of aryl methyl sites for hydroxylation is 2. The van der Waals surface area contributed by atoms with Crippen LogP contribution in [0.4, 0.5) is 102 Å². The Bertz CT molecular complexity index is 6920. The van der Waals surface area contributed by atoms with Crippen LogP contribution < -0.4 is 29.4 Å². The molecule has 19 aromatic carbocycles. The molecule has 0 aliphatic heterocycles. The minimum atomic E-state index is 0. The fraction of sp³-hybridized carbons (Fsp3) is 0.0413. The number of rotatable bonds is 22. The van der Waals surface area contributed by atoms with Gasteiger partial charge in [0, 0.05) is 120 Å². The van der Waals surface area contributed by atoms with E-state index in [4.69, 9.17) is 0 Å². The summed E-state index contributed by atoms with van der Waals surface area (Å²) in [7, 11) is 0. The molecule has 0 atom stereocenters. The van der Waals surface area contributed by atoms with E-state index in [2.05, 4.69) is 594 Å². The Hall–Kier alpha value is -14.6. The summed E-state index contributed by atoms with van der Waals surface area (Å²) in [4.78, 5) is 13.9. The van der Waals surface area contributed by atoms with Crippen molar-refractivity contribution in [2.75, 3.05) is 29.4 Å². The Balaban J connectivity index is 0.000000151. The fourth-order valence-corrected chi connectivity index (χ4v) is 18.6. The lowest BCUT2D eigenvalue weighted by Crippen LogP contribution is -2.14. The molecular weight excluding hydrogens is 1810 g/mol. The van der Waals surface area contributed by atoms with Crippen LogP contribution in [0.25, 0.3) is 54.6 Å². The number of hydrogen-bond acceptors (Lipinski definition) is 7. The van der Waals surface area contributed by atoms with Crippen LogP contribution in [-0.4, -0.2) is 0 Å². The summed E-state index contributed by atoms with van der Waals surface area (Å²) < 4.78 is 4.33. The Morgan fingerprint density at radius 3 is 0.702 bits per heavy atom. The van der Waals surface area contributed by atoms with E-state index in [-0.39, 0.29) is 22.3 Å². The van der Waals surface area contributed by atoms with Gasteiger partial charge < -0.3 is 29.4 Å². The molecule has 0 saturated heterocycles. The topological polar surface area (TPSA) is 19.4 Å². The number of para-hydroxylation sites is 9. The van der Waals surface area contributed by atoms with Crippen molar-refractivity contribution in [3.63, 3.8) is 0 Å². The molecule has 131 heavy (non-hydrogen) atoms. The van der Waals surface area contributed by atoms with Crippen molar-refractivity contribution < 1.29 is 0 Å². The van der Waals surface area contributed by atoms with Gasteiger partial charge in [0.1, 0.15) is 0 Å². The minimum absolute atomic E-state index is 0. The van der Waals surface area contributed by atoms with Crippen LogP contribution in [0, 0.1) is 13.8 Å². The van der Waals surface area contributed by atoms with Gasteiger partial charge in [0.15, 0.2) is 0 Å². The van der Waals surface area contributed by atoms with Crippen molar-refractivity contribution in [3.05, 3.63) is 527 Å². The third-order valence-electron chi connectivity index (χ3n) is 22.5. The molecule has 0 spiro atoms. The molecule has 0 amide bonds. The van der Waals surface area contributed by atoms with Crippen molar-refractivity contribution in [2.45, 2.75) is 36.1 Å². The maximum Gasteiger partial charge on any atom is 0.0493 e. The Morgan fingerprint density at radius 2 is 0.389 bits per heavy atom. The molecule has 0 N–H and O–H groups in total. The van der Waals surface area contributed by atoms with Gasteiger partial charge in [0.05, 0.1) is 0 Å². The van der Waals surface area contributed by atoms with Crippen LogP contribution in [0.2, 0.25) is 0 Å². The largest absolute Gasteiger partial charge is 0.310 e. The van der Waals surface area contributed by atoms with E-state index in [1.165, 1.54) is 65.7 Å². The highest BCUT2D eigenvalue weighted by atomic mass is 79.9. The van der Waals surface area contributed by atoms with Gasteiger partial charge in [0.2, 0.25) is 0 Å². The quantitative estimate of drug-likeness (QED) is 0.0669. The van der Waals surface area contributed by atoms with E-state index in [0.717, 1.165) is 116 Å². The lowest BCUT2D eigenvalue weighted by molar-refractivity contribution is 1.21. The number of thiophene rings is 1. The van der Waals surface area contributed by atoms with Crippen molar-refractivity contribution in [1.82, 2.24) is 0 Å². The minimum Gasteiger partial charge on any atom is -0.310 e. The molecule has 642 valence electrons. The monoisotopic (exact) mass is 1910 g/mol. The molecule has 1 heterocycles. The predicted molar refractivity (Wildman–Crippen MR) is 577 cm³/mol. The lowest BCUT2D eigenvalue weighted by atomic mass is 10.00. The summed E-state index contributed by atoms with van der Waals surface area (Å²) in [6.07, 6.45) is 0. The molecule has 0 aliphatic carbocycles. The number of anilines is 18. The molecule has 0 bridgehead atoms. The summed E-state index contributed by atoms with van der Waals surface area (Å²) in [6, 6.07) is 176. The van der Waals surface area contributed by atoms with Crippen molar-refractivity contribution in [3.8, 4) is 44.5 Å². The first-order valence-corrected chi connectivity index (χ1v) is 46.0. The number of hydrogen-bond donors (Lipinski definition) is 0. The molecule has 10 heteroatoms. The summed E-state index contributed by atoms with van der Waals surface area (Å²) in [5.41, 5.74) is 31.7. The summed E-state index contributed by atoms with van der Waals surface area (Å²) >= 11 is 13.4. The van der Waals surface area contributed by atoms with E-state index in [9.17, 15) is 0 Å². The molecule has 0 radical (unpaired) electrons. The highest BCUT2D eigenvalue weighted by molar-refractivity contribution is 9.11.